The molecule has 1 aromatic rings. The first-order valence-corrected chi connectivity index (χ1v) is 8.01. The Morgan fingerprint density at radius 2 is 2.00 bits per heavy atom. The Bertz CT molecular complexity index is 442. The summed E-state index contributed by atoms with van der Waals surface area (Å²) in [5, 5.41) is 12.7. The van der Waals surface area contributed by atoms with Crippen LogP contribution in [0.25, 0.3) is 0 Å². The Morgan fingerprint density at radius 3 is 2.63 bits per heavy atom. The van der Waals surface area contributed by atoms with Crippen LogP contribution in [0.15, 0.2) is 24.3 Å². The molecule has 1 saturated carbocycles. The first kappa shape index (κ1) is 14.3. The van der Waals surface area contributed by atoms with Gasteiger partial charge in [-0.1, -0.05) is 31.4 Å². The monoisotopic (exact) mass is 279 g/mol. The number of hydrogen-bond acceptors (Lipinski definition) is 3. The molecular formula is C15H21NO2S. The number of thioether (sulfide) groups is 1. The van der Waals surface area contributed by atoms with Crippen LogP contribution >= 0.6 is 11.8 Å². The van der Waals surface area contributed by atoms with E-state index >= 15 is 0 Å². The predicted octanol–water partition coefficient (Wildman–Crippen LogP) is 3.19. The van der Waals surface area contributed by atoms with E-state index in [4.69, 9.17) is 0 Å². The Kier molecular flexibility index (Phi) is 4.75. The van der Waals surface area contributed by atoms with Gasteiger partial charge in [-0.2, -0.15) is 11.8 Å². The van der Waals surface area contributed by atoms with Gasteiger partial charge >= 0.3 is 0 Å². The minimum absolute atomic E-state index is 0.0434. The number of carbonyl (C=O) groups is 1. The van der Waals surface area contributed by atoms with Crippen LogP contribution in [-0.2, 0) is 0 Å². The second-order valence-electron chi connectivity index (χ2n) is 5.15. The van der Waals surface area contributed by atoms with Gasteiger partial charge in [0.15, 0.2) is 0 Å². The van der Waals surface area contributed by atoms with Gasteiger partial charge in [0.1, 0.15) is 5.75 Å². The SMILES string of the molecule is CSC1(CNC(=O)c2ccccc2O)CCCCC1. The molecule has 2 N–H and O–H groups in total. The van der Waals surface area contributed by atoms with Crippen LogP contribution in [0.4, 0.5) is 0 Å². The van der Waals surface area contributed by atoms with Crippen molar-refractivity contribution in [3.8, 4) is 5.75 Å². The molecule has 0 saturated heterocycles. The fourth-order valence-corrected chi connectivity index (χ4v) is 3.56. The number of nitrogens with one attached hydrogen (secondary N) is 1. The van der Waals surface area contributed by atoms with Crippen LogP contribution in [0.3, 0.4) is 0 Å². The van der Waals surface area contributed by atoms with Crippen LogP contribution < -0.4 is 5.32 Å². The third-order valence-electron chi connectivity index (χ3n) is 3.92. The van der Waals surface area contributed by atoms with Crippen LogP contribution in [0, 0.1) is 0 Å². The molecule has 1 amide bonds. The zero-order chi connectivity index (χ0) is 13.7. The van der Waals surface area contributed by atoms with Crippen molar-refractivity contribution in [1.29, 1.82) is 0 Å². The number of aromatic hydroxyl groups is 1. The van der Waals surface area contributed by atoms with Crippen LogP contribution in [0.1, 0.15) is 42.5 Å². The highest BCUT2D eigenvalue weighted by Gasteiger charge is 2.31. The normalized spacial score (nSPS) is 17.9. The molecule has 1 aromatic carbocycles. The zero-order valence-electron chi connectivity index (χ0n) is 11.3. The molecule has 0 spiro atoms. The van der Waals surface area contributed by atoms with E-state index in [-0.39, 0.29) is 16.4 Å². The molecular weight excluding hydrogens is 258 g/mol. The van der Waals surface area contributed by atoms with Crippen LogP contribution in [0.2, 0.25) is 0 Å². The predicted molar refractivity (Wildman–Crippen MR) is 79.8 cm³/mol. The molecule has 4 heteroatoms. The summed E-state index contributed by atoms with van der Waals surface area (Å²) < 4.78 is 0.179. The molecule has 0 radical (unpaired) electrons. The van der Waals surface area contributed by atoms with Gasteiger partial charge in [0, 0.05) is 11.3 Å². The summed E-state index contributed by atoms with van der Waals surface area (Å²) >= 11 is 1.86. The lowest BCUT2D eigenvalue weighted by Gasteiger charge is -2.35. The van der Waals surface area contributed by atoms with E-state index in [0.29, 0.717) is 12.1 Å². The van der Waals surface area contributed by atoms with Crippen molar-refractivity contribution >= 4 is 17.7 Å². The molecule has 0 unspecified atom stereocenters. The molecule has 0 aromatic heterocycles. The number of para-hydroxylation sites is 1. The topological polar surface area (TPSA) is 49.3 Å². The average molecular weight is 279 g/mol. The van der Waals surface area contributed by atoms with Gasteiger partial charge in [0.2, 0.25) is 0 Å². The minimum Gasteiger partial charge on any atom is -0.507 e. The summed E-state index contributed by atoms with van der Waals surface area (Å²) in [4.78, 5) is 12.1. The summed E-state index contributed by atoms with van der Waals surface area (Å²) in [6.45, 7) is 0.682. The maximum absolute atomic E-state index is 12.1. The quantitative estimate of drug-likeness (QED) is 0.890. The Balaban J connectivity index is 1.98. The summed E-state index contributed by atoms with van der Waals surface area (Å²) in [5.41, 5.74) is 0.356. The van der Waals surface area contributed by atoms with Crippen molar-refractivity contribution in [2.75, 3.05) is 12.8 Å². The standard InChI is InChI=1S/C15H21NO2S/c1-19-15(9-5-2-6-10-15)11-16-14(18)12-7-3-4-8-13(12)17/h3-4,7-8,17H,2,5-6,9-11H2,1H3,(H,16,18). The molecule has 1 aliphatic rings. The first-order chi connectivity index (χ1) is 9.17. The van der Waals surface area contributed by atoms with Crippen molar-refractivity contribution in [2.24, 2.45) is 0 Å². The maximum Gasteiger partial charge on any atom is 0.255 e. The maximum atomic E-state index is 12.1. The van der Waals surface area contributed by atoms with E-state index in [1.807, 2.05) is 11.8 Å². The molecule has 0 heterocycles. The van der Waals surface area contributed by atoms with Gasteiger partial charge in [-0.25, -0.2) is 0 Å². The Labute approximate surface area is 118 Å². The highest BCUT2D eigenvalue weighted by atomic mass is 32.2. The zero-order valence-corrected chi connectivity index (χ0v) is 12.1. The molecule has 3 nitrogen and oxygen atoms in total. The van der Waals surface area contributed by atoms with Crippen molar-refractivity contribution in [1.82, 2.24) is 5.32 Å². The highest BCUT2D eigenvalue weighted by Crippen LogP contribution is 2.38. The lowest BCUT2D eigenvalue weighted by Crippen LogP contribution is -2.41. The van der Waals surface area contributed by atoms with E-state index in [1.54, 1.807) is 24.3 Å². The van der Waals surface area contributed by atoms with Crippen LogP contribution in [0.5, 0.6) is 5.75 Å². The smallest absolute Gasteiger partial charge is 0.255 e. The lowest BCUT2D eigenvalue weighted by molar-refractivity contribution is 0.0944. The number of rotatable bonds is 4. The number of carbonyl (C=O) groups excluding carboxylic acids is 1. The number of benzene rings is 1. The Morgan fingerprint density at radius 1 is 1.32 bits per heavy atom. The second kappa shape index (κ2) is 6.33. The van der Waals surface area contributed by atoms with E-state index in [9.17, 15) is 9.90 Å². The number of phenolic OH excluding ortho intramolecular Hbond substituents is 1. The van der Waals surface area contributed by atoms with E-state index < -0.39 is 0 Å². The fourth-order valence-electron chi connectivity index (χ4n) is 2.65. The number of amides is 1. The summed E-state index contributed by atoms with van der Waals surface area (Å²) in [5.74, 6) is -0.140. The van der Waals surface area contributed by atoms with Crippen LogP contribution in [-0.4, -0.2) is 28.6 Å². The molecule has 1 fully saturated rings. The van der Waals surface area contributed by atoms with Gasteiger partial charge in [0.05, 0.1) is 5.56 Å². The molecule has 0 aliphatic heterocycles. The van der Waals surface area contributed by atoms with Crippen molar-refractivity contribution in [3.63, 3.8) is 0 Å². The van der Waals surface area contributed by atoms with E-state index in [0.717, 1.165) is 12.8 Å². The Hall–Kier alpha value is -1.16. The second-order valence-corrected chi connectivity index (χ2v) is 6.42. The van der Waals surface area contributed by atoms with Crippen molar-refractivity contribution < 1.29 is 9.90 Å². The summed E-state index contributed by atoms with van der Waals surface area (Å²) in [6, 6.07) is 6.67. The molecule has 104 valence electrons. The molecule has 1 aliphatic carbocycles. The highest BCUT2D eigenvalue weighted by molar-refractivity contribution is 8.00. The van der Waals surface area contributed by atoms with E-state index in [2.05, 4.69) is 11.6 Å². The van der Waals surface area contributed by atoms with Gasteiger partial charge in [-0.3, -0.25) is 4.79 Å². The molecule has 19 heavy (non-hydrogen) atoms. The number of phenols is 1. The average Bonchev–Trinajstić information content (AvgIpc) is 2.46. The largest absolute Gasteiger partial charge is 0.507 e. The number of hydrogen-bond donors (Lipinski definition) is 2. The fraction of sp³-hybridized carbons (Fsp3) is 0.533. The van der Waals surface area contributed by atoms with Gasteiger partial charge in [0.25, 0.3) is 5.91 Å². The van der Waals surface area contributed by atoms with Crippen molar-refractivity contribution in [3.05, 3.63) is 29.8 Å². The molecule has 0 bridgehead atoms. The van der Waals surface area contributed by atoms with Gasteiger partial charge in [-0.05, 0) is 31.2 Å². The minimum atomic E-state index is -0.183. The lowest BCUT2D eigenvalue weighted by atomic mass is 9.88. The first-order valence-electron chi connectivity index (χ1n) is 6.78. The third-order valence-corrected chi connectivity index (χ3v) is 5.34. The van der Waals surface area contributed by atoms with Crippen molar-refractivity contribution in [2.45, 2.75) is 36.9 Å². The van der Waals surface area contributed by atoms with E-state index in [1.165, 1.54) is 19.3 Å². The van der Waals surface area contributed by atoms with Gasteiger partial charge in [-0.15, -0.1) is 0 Å². The van der Waals surface area contributed by atoms with Gasteiger partial charge < -0.3 is 10.4 Å². The summed E-state index contributed by atoms with van der Waals surface area (Å²) in [7, 11) is 0. The summed E-state index contributed by atoms with van der Waals surface area (Å²) in [6.07, 6.45) is 8.23. The molecule has 0 atom stereocenters. The molecule has 2 rings (SSSR count). The third kappa shape index (κ3) is 3.44.